The number of nitrogens with two attached hydrogens (primary N) is 1. The van der Waals surface area contributed by atoms with Crippen molar-refractivity contribution in [1.29, 1.82) is 0 Å². The Morgan fingerprint density at radius 2 is 1.93 bits per heavy atom. The van der Waals surface area contributed by atoms with Gasteiger partial charge in [-0.2, -0.15) is 4.98 Å². The highest BCUT2D eigenvalue weighted by Crippen LogP contribution is 2.39. The summed E-state index contributed by atoms with van der Waals surface area (Å²) in [5, 5.41) is 3.65. The second-order valence-corrected chi connectivity index (χ2v) is 9.83. The average Bonchev–Trinajstić information content (AvgIpc) is 2.71. The van der Waals surface area contributed by atoms with Crippen LogP contribution in [0.3, 0.4) is 0 Å². The Balaban J connectivity index is 1.54. The first kappa shape index (κ1) is 23.3. The lowest BCUT2D eigenvalue weighted by Gasteiger charge is -2.30. The number of ether oxygens (including phenoxy) is 1. The zero-order valence-corrected chi connectivity index (χ0v) is 21.1. The Morgan fingerprint density at radius 3 is 2.60 bits per heavy atom. The summed E-state index contributed by atoms with van der Waals surface area (Å²) in [5.74, 6) is 3.41. The number of rotatable bonds is 8. The molecule has 1 fully saturated rings. The van der Waals surface area contributed by atoms with Crippen LogP contribution in [0.5, 0.6) is 5.75 Å². The van der Waals surface area contributed by atoms with E-state index in [1.165, 1.54) is 24.0 Å². The van der Waals surface area contributed by atoms with Crippen molar-refractivity contribution in [1.82, 2.24) is 15.3 Å². The zero-order valence-electron chi connectivity index (χ0n) is 17.9. The van der Waals surface area contributed by atoms with E-state index in [1.807, 2.05) is 38.2 Å². The van der Waals surface area contributed by atoms with Gasteiger partial charge in [-0.3, -0.25) is 0 Å². The summed E-state index contributed by atoms with van der Waals surface area (Å²) in [4.78, 5) is 10.7. The van der Waals surface area contributed by atoms with Crippen LogP contribution in [0, 0.1) is 5.92 Å². The van der Waals surface area contributed by atoms with Crippen LogP contribution in [0.1, 0.15) is 49.7 Å². The number of benzene rings is 1. The molecule has 30 heavy (non-hydrogen) atoms. The first-order chi connectivity index (χ1) is 14.4. The van der Waals surface area contributed by atoms with Gasteiger partial charge in [0.2, 0.25) is 5.95 Å². The standard InChI is InChI=1S/C22H31Br2N5O/c1-4-30-20-16(9-17(23)10-19(20)24)12-26-11-14-5-7-15(8-6-14)18-13-27-22(25)28-21(18)29(2)3/h9-10,13-15,26H,4-8,11-12H2,1-3H3,(H2,25,27,28)/t14-,15+. The van der Waals surface area contributed by atoms with Crippen molar-refractivity contribution in [2.75, 3.05) is 37.9 Å². The van der Waals surface area contributed by atoms with Crippen molar-refractivity contribution < 1.29 is 4.74 Å². The Kier molecular flexibility index (Phi) is 8.36. The molecule has 0 radical (unpaired) electrons. The number of nitrogens with one attached hydrogen (secondary N) is 1. The number of hydrogen-bond acceptors (Lipinski definition) is 6. The summed E-state index contributed by atoms with van der Waals surface area (Å²) in [7, 11) is 4.02. The third-order valence-corrected chi connectivity index (χ3v) is 6.69. The van der Waals surface area contributed by atoms with Gasteiger partial charge in [-0.1, -0.05) is 15.9 Å². The number of aromatic nitrogens is 2. The SMILES string of the molecule is CCOc1c(Br)cc(Br)cc1CNC[C@H]1CC[C@@H](c2cnc(N)nc2N(C)C)CC1. The topological polar surface area (TPSA) is 76.3 Å². The van der Waals surface area contributed by atoms with Crippen molar-refractivity contribution in [3.05, 3.63) is 38.4 Å². The van der Waals surface area contributed by atoms with E-state index in [-0.39, 0.29) is 0 Å². The van der Waals surface area contributed by atoms with Gasteiger partial charge < -0.3 is 20.7 Å². The van der Waals surface area contributed by atoms with Crippen LogP contribution in [-0.2, 0) is 6.54 Å². The van der Waals surface area contributed by atoms with Crippen molar-refractivity contribution in [2.24, 2.45) is 5.92 Å². The number of nitrogens with zero attached hydrogens (tertiary/aromatic N) is 3. The third kappa shape index (κ3) is 5.86. The van der Waals surface area contributed by atoms with Crippen LogP contribution >= 0.6 is 31.9 Å². The minimum Gasteiger partial charge on any atom is -0.492 e. The van der Waals surface area contributed by atoms with Crippen LogP contribution in [0.2, 0.25) is 0 Å². The van der Waals surface area contributed by atoms with Crippen molar-refractivity contribution in [3.8, 4) is 5.75 Å². The summed E-state index contributed by atoms with van der Waals surface area (Å²) >= 11 is 7.19. The molecule has 6 nitrogen and oxygen atoms in total. The van der Waals surface area contributed by atoms with Crippen LogP contribution in [0.15, 0.2) is 27.3 Å². The number of halogens is 2. The lowest BCUT2D eigenvalue weighted by atomic mass is 9.79. The smallest absolute Gasteiger partial charge is 0.221 e. The first-order valence-electron chi connectivity index (χ1n) is 10.5. The van der Waals surface area contributed by atoms with Gasteiger partial charge in [-0.05, 0) is 79.1 Å². The summed E-state index contributed by atoms with van der Waals surface area (Å²) < 4.78 is 7.87. The number of anilines is 2. The van der Waals surface area contributed by atoms with Gasteiger partial charge in [-0.15, -0.1) is 0 Å². The molecule has 0 unspecified atom stereocenters. The molecule has 1 saturated carbocycles. The van der Waals surface area contributed by atoms with Gasteiger partial charge in [0, 0.05) is 42.4 Å². The van der Waals surface area contributed by atoms with E-state index in [1.54, 1.807) is 0 Å². The average molecular weight is 541 g/mol. The van der Waals surface area contributed by atoms with E-state index in [2.05, 4.69) is 53.2 Å². The molecule has 164 valence electrons. The minimum absolute atomic E-state index is 0.339. The monoisotopic (exact) mass is 539 g/mol. The largest absolute Gasteiger partial charge is 0.492 e. The van der Waals surface area contributed by atoms with E-state index >= 15 is 0 Å². The van der Waals surface area contributed by atoms with Crippen LogP contribution in [-0.4, -0.2) is 37.2 Å². The predicted molar refractivity (Wildman–Crippen MR) is 130 cm³/mol. The Labute approximate surface area is 196 Å². The highest BCUT2D eigenvalue weighted by Gasteiger charge is 2.25. The molecule has 3 rings (SSSR count). The molecular formula is C22H31Br2N5O. The zero-order chi connectivity index (χ0) is 21.7. The molecule has 0 saturated heterocycles. The van der Waals surface area contributed by atoms with Gasteiger partial charge in [0.15, 0.2) is 0 Å². The maximum absolute atomic E-state index is 5.83. The third-order valence-electron chi connectivity index (χ3n) is 5.65. The molecule has 1 aliphatic rings. The Bertz CT molecular complexity index is 854. The van der Waals surface area contributed by atoms with E-state index in [0.717, 1.165) is 46.4 Å². The fourth-order valence-corrected chi connectivity index (χ4v) is 5.61. The molecule has 0 spiro atoms. The maximum Gasteiger partial charge on any atom is 0.221 e. The van der Waals surface area contributed by atoms with Gasteiger partial charge in [0.05, 0.1) is 11.1 Å². The second-order valence-electron chi connectivity index (χ2n) is 8.06. The lowest BCUT2D eigenvalue weighted by Crippen LogP contribution is -2.27. The lowest BCUT2D eigenvalue weighted by molar-refractivity contribution is 0.310. The first-order valence-corrected chi connectivity index (χ1v) is 12.1. The van der Waals surface area contributed by atoms with Gasteiger partial charge in [0.1, 0.15) is 11.6 Å². The molecule has 1 aliphatic carbocycles. The summed E-state index contributed by atoms with van der Waals surface area (Å²) in [6.07, 6.45) is 6.65. The van der Waals surface area contributed by atoms with Gasteiger partial charge in [-0.25, -0.2) is 4.98 Å². The fourth-order valence-electron chi connectivity index (χ4n) is 4.18. The molecule has 3 N–H and O–H groups in total. The van der Waals surface area contributed by atoms with Crippen molar-refractivity contribution in [3.63, 3.8) is 0 Å². The quantitative estimate of drug-likeness (QED) is 0.484. The Hall–Kier alpha value is -1.38. The van der Waals surface area contributed by atoms with E-state index in [9.17, 15) is 0 Å². The summed E-state index contributed by atoms with van der Waals surface area (Å²) in [6, 6.07) is 4.15. The van der Waals surface area contributed by atoms with Crippen molar-refractivity contribution in [2.45, 2.75) is 45.1 Å². The molecule has 1 heterocycles. The van der Waals surface area contributed by atoms with Crippen LogP contribution in [0.4, 0.5) is 11.8 Å². The molecular weight excluding hydrogens is 510 g/mol. The van der Waals surface area contributed by atoms with Crippen molar-refractivity contribution >= 4 is 43.6 Å². The molecule has 2 aromatic rings. The van der Waals surface area contributed by atoms with Crippen LogP contribution in [0.25, 0.3) is 0 Å². The molecule has 8 heteroatoms. The maximum atomic E-state index is 5.83. The molecule has 1 aromatic carbocycles. The fraction of sp³-hybridized carbons (Fsp3) is 0.545. The minimum atomic E-state index is 0.339. The molecule has 0 atom stereocenters. The van der Waals surface area contributed by atoms with Gasteiger partial charge in [0.25, 0.3) is 0 Å². The van der Waals surface area contributed by atoms with E-state index in [0.29, 0.717) is 24.4 Å². The molecule has 0 aliphatic heterocycles. The second kappa shape index (κ2) is 10.8. The molecule has 1 aromatic heterocycles. The summed E-state index contributed by atoms with van der Waals surface area (Å²) in [6.45, 7) is 4.48. The van der Waals surface area contributed by atoms with Gasteiger partial charge >= 0.3 is 0 Å². The Morgan fingerprint density at radius 1 is 1.20 bits per heavy atom. The highest BCUT2D eigenvalue weighted by molar-refractivity contribution is 9.11. The molecule has 0 amide bonds. The highest BCUT2D eigenvalue weighted by atomic mass is 79.9. The number of nitrogen functional groups attached to an aromatic ring is 1. The predicted octanol–water partition coefficient (Wildman–Crippen LogP) is 5.11. The van der Waals surface area contributed by atoms with E-state index < -0.39 is 0 Å². The van der Waals surface area contributed by atoms with Crippen LogP contribution < -0.4 is 20.7 Å². The number of hydrogen-bond donors (Lipinski definition) is 2. The molecule has 0 bridgehead atoms. The normalized spacial score (nSPS) is 19.0. The summed E-state index contributed by atoms with van der Waals surface area (Å²) in [5.41, 5.74) is 8.19. The van der Waals surface area contributed by atoms with E-state index in [4.69, 9.17) is 10.5 Å².